The Kier molecular flexibility index (Phi) is 4.11. The summed E-state index contributed by atoms with van der Waals surface area (Å²) in [5, 5.41) is 19.9. The summed E-state index contributed by atoms with van der Waals surface area (Å²) < 4.78 is 0. The van der Waals surface area contributed by atoms with Gasteiger partial charge in [0.2, 0.25) is 0 Å². The Bertz CT molecular complexity index is 1280. The van der Waals surface area contributed by atoms with E-state index >= 15 is 0 Å². The summed E-state index contributed by atoms with van der Waals surface area (Å²) in [7, 11) is 0. The molecule has 0 saturated carbocycles. The van der Waals surface area contributed by atoms with Crippen LogP contribution < -0.4 is 0 Å². The molecule has 0 amide bonds. The molecule has 5 rings (SSSR count). The van der Waals surface area contributed by atoms with Crippen LogP contribution in [0.5, 0.6) is 11.5 Å². The van der Waals surface area contributed by atoms with E-state index in [0.29, 0.717) is 0 Å². The van der Waals surface area contributed by atoms with Gasteiger partial charge in [-0.05, 0) is 81.9 Å². The van der Waals surface area contributed by atoms with Gasteiger partial charge in [0.1, 0.15) is 11.5 Å². The molecule has 4 aromatic carbocycles. The molecule has 2 heteroatoms. The number of aromatic hydroxyl groups is 2. The fourth-order valence-corrected chi connectivity index (χ4v) is 4.72. The van der Waals surface area contributed by atoms with E-state index in [1.54, 1.807) is 24.3 Å². The Morgan fingerprint density at radius 1 is 0.548 bits per heavy atom. The first-order chi connectivity index (χ1) is 15.1. The molecule has 0 saturated heterocycles. The van der Waals surface area contributed by atoms with Gasteiger partial charge in [0.15, 0.2) is 0 Å². The number of benzene rings is 4. The number of fused-ring (bicyclic) bond motifs is 3. The number of terminal acetylenes is 2. The molecular formula is C29H18O2. The van der Waals surface area contributed by atoms with Crippen molar-refractivity contribution in [2.75, 3.05) is 0 Å². The molecule has 0 radical (unpaired) electrons. The van der Waals surface area contributed by atoms with Crippen LogP contribution in [0, 0.1) is 24.7 Å². The maximum Gasteiger partial charge on any atom is 0.115 e. The van der Waals surface area contributed by atoms with Gasteiger partial charge in [0, 0.05) is 11.1 Å². The predicted molar refractivity (Wildman–Crippen MR) is 123 cm³/mol. The quantitative estimate of drug-likeness (QED) is 0.390. The maximum absolute atomic E-state index is 9.94. The highest BCUT2D eigenvalue weighted by atomic mass is 16.3. The summed E-state index contributed by atoms with van der Waals surface area (Å²) in [5.41, 5.74) is 7.15. The van der Waals surface area contributed by atoms with Crippen LogP contribution in [-0.2, 0) is 5.41 Å². The van der Waals surface area contributed by atoms with Crippen molar-refractivity contribution in [3.63, 3.8) is 0 Å². The monoisotopic (exact) mass is 398 g/mol. The first kappa shape index (κ1) is 18.6. The molecule has 0 spiro atoms. The van der Waals surface area contributed by atoms with Crippen molar-refractivity contribution in [1.29, 1.82) is 0 Å². The van der Waals surface area contributed by atoms with Crippen molar-refractivity contribution in [3.8, 4) is 47.3 Å². The molecule has 0 fully saturated rings. The summed E-state index contributed by atoms with van der Waals surface area (Å²) in [5.74, 6) is 5.87. The zero-order valence-electron chi connectivity index (χ0n) is 16.6. The Morgan fingerprint density at radius 2 is 0.935 bits per heavy atom. The van der Waals surface area contributed by atoms with Crippen molar-refractivity contribution >= 4 is 0 Å². The van der Waals surface area contributed by atoms with Gasteiger partial charge < -0.3 is 10.2 Å². The molecule has 4 aromatic rings. The number of rotatable bonds is 2. The van der Waals surface area contributed by atoms with Crippen molar-refractivity contribution in [1.82, 2.24) is 0 Å². The lowest BCUT2D eigenvalue weighted by atomic mass is 9.67. The van der Waals surface area contributed by atoms with Gasteiger partial charge >= 0.3 is 0 Å². The Balaban J connectivity index is 1.96. The Hall–Kier alpha value is -4.40. The Labute approximate surface area is 181 Å². The second-order valence-corrected chi connectivity index (χ2v) is 7.65. The summed E-state index contributed by atoms with van der Waals surface area (Å²) in [6.07, 6.45) is 11.4. The fraction of sp³-hybridized carbons (Fsp3) is 0.0345. The minimum Gasteiger partial charge on any atom is -0.508 e. The number of hydrogen-bond acceptors (Lipinski definition) is 2. The summed E-state index contributed by atoms with van der Waals surface area (Å²) in [6.45, 7) is 0. The highest BCUT2D eigenvalue weighted by molar-refractivity contribution is 5.87. The van der Waals surface area contributed by atoms with Gasteiger partial charge in [0.05, 0.1) is 5.41 Å². The SMILES string of the molecule is C#Cc1ccc2c(c1)-c1cc(C#C)ccc1C2(c1ccc(O)cc1)c1ccc(O)cc1. The minimum absolute atomic E-state index is 0.202. The molecule has 0 atom stereocenters. The molecule has 0 aliphatic heterocycles. The summed E-state index contributed by atoms with van der Waals surface area (Å²) in [4.78, 5) is 0. The topological polar surface area (TPSA) is 40.5 Å². The molecule has 0 aromatic heterocycles. The van der Waals surface area contributed by atoms with E-state index in [1.807, 2.05) is 48.5 Å². The third-order valence-electron chi connectivity index (χ3n) is 6.07. The highest BCUT2D eigenvalue weighted by Crippen LogP contribution is 2.56. The lowest BCUT2D eigenvalue weighted by Crippen LogP contribution is -2.28. The van der Waals surface area contributed by atoms with Gasteiger partial charge in [-0.2, -0.15) is 0 Å². The fourth-order valence-electron chi connectivity index (χ4n) is 4.72. The smallest absolute Gasteiger partial charge is 0.115 e. The van der Waals surface area contributed by atoms with E-state index in [1.165, 1.54) is 0 Å². The Morgan fingerprint density at radius 3 is 1.29 bits per heavy atom. The molecule has 0 heterocycles. The van der Waals surface area contributed by atoms with E-state index in [4.69, 9.17) is 12.8 Å². The number of phenolic OH excluding ortho intramolecular Hbond substituents is 2. The summed E-state index contributed by atoms with van der Waals surface area (Å²) in [6, 6.07) is 26.6. The number of phenols is 2. The van der Waals surface area contributed by atoms with Crippen LogP contribution in [0.3, 0.4) is 0 Å². The normalized spacial score (nSPS) is 13.0. The average molecular weight is 398 g/mol. The van der Waals surface area contributed by atoms with Crippen LogP contribution in [0.25, 0.3) is 11.1 Å². The van der Waals surface area contributed by atoms with Gasteiger partial charge in [-0.3, -0.25) is 0 Å². The minimum atomic E-state index is -0.647. The van der Waals surface area contributed by atoms with E-state index in [2.05, 4.69) is 24.0 Å². The van der Waals surface area contributed by atoms with Crippen molar-refractivity contribution in [2.24, 2.45) is 0 Å². The third-order valence-corrected chi connectivity index (χ3v) is 6.07. The predicted octanol–water partition coefficient (Wildman–Crippen LogP) is 5.42. The van der Waals surface area contributed by atoms with Crippen LogP contribution in [0.1, 0.15) is 33.4 Å². The second kappa shape index (κ2) is 6.84. The largest absolute Gasteiger partial charge is 0.508 e. The second-order valence-electron chi connectivity index (χ2n) is 7.65. The van der Waals surface area contributed by atoms with Crippen LogP contribution >= 0.6 is 0 Å². The number of hydrogen-bond donors (Lipinski definition) is 2. The molecule has 0 unspecified atom stereocenters. The van der Waals surface area contributed by atoms with Crippen LogP contribution in [0.4, 0.5) is 0 Å². The maximum atomic E-state index is 9.94. The lowest BCUT2D eigenvalue weighted by Gasteiger charge is -2.34. The van der Waals surface area contributed by atoms with Crippen LogP contribution in [0.2, 0.25) is 0 Å². The van der Waals surface area contributed by atoms with Crippen molar-refractivity contribution in [3.05, 3.63) is 118 Å². The molecular weight excluding hydrogens is 380 g/mol. The first-order valence-electron chi connectivity index (χ1n) is 9.89. The van der Waals surface area contributed by atoms with E-state index in [-0.39, 0.29) is 11.5 Å². The van der Waals surface area contributed by atoms with Crippen LogP contribution in [-0.4, -0.2) is 10.2 Å². The van der Waals surface area contributed by atoms with Gasteiger partial charge in [-0.25, -0.2) is 0 Å². The average Bonchev–Trinajstić information content (AvgIpc) is 3.10. The first-order valence-corrected chi connectivity index (χ1v) is 9.89. The van der Waals surface area contributed by atoms with Gasteiger partial charge in [-0.1, -0.05) is 48.2 Å². The van der Waals surface area contributed by atoms with E-state index in [9.17, 15) is 10.2 Å². The van der Waals surface area contributed by atoms with E-state index < -0.39 is 5.41 Å². The molecule has 2 nitrogen and oxygen atoms in total. The molecule has 0 bridgehead atoms. The highest BCUT2D eigenvalue weighted by Gasteiger charge is 2.46. The van der Waals surface area contributed by atoms with E-state index in [0.717, 1.165) is 44.5 Å². The van der Waals surface area contributed by atoms with Crippen molar-refractivity contribution < 1.29 is 10.2 Å². The van der Waals surface area contributed by atoms with Gasteiger partial charge in [0.25, 0.3) is 0 Å². The molecule has 2 N–H and O–H groups in total. The van der Waals surface area contributed by atoms with Crippen molar-refractivity contribution in [2.45, 2.75) is 5.41 Å². The van der Waals surface area contributed by atoms with Crippen LogP contribution in [0.15, 0.2) is 84.9 Å². The molecule has 1 aliphatic rings. The molecule has 146 valence electrons. The molecule has 31 heavy (non-hydrogen) atoms. The summed E-state index contributed by atoms with van der Waals surface area (Å²) >= 11 is 0. The standard InChI is InChI=1S/C29H18O2/c1-3-19-5-15-27-25(17-19)26-18-20(4-2)6-16-28(26)29(27,21-7-11-23(30)12-8-21)22-9-13-24(31)14-10-22/h1-2,5-18,30-31H. The van der Waals surface area contributed by atoms with Gasteiger partial charge in [-0.15, -0.1) is 12.8 Å². The lowest BCUT2D eigenvalue weighted by molar-refractivity contribution is 0.475. The zero-order valence-corrected chi connectivity index (χ0v) is 16.6. The zero-order chi connectivity index (χ0) is 21.6. The third kappa shape index (κ3) is 2.63. The molecule has 1 aliphatic carbocycles.